The third kappa shape index (κ3) is 20.0. The van der Waals surface area contributed by atoms with Crippen LogP contribution in [0.4, 0.5) is 5.69 Å². The van der Waals surface area contributed by atoms with Gasteiger partial charge in [0.15, 0.2) is 10.9 Å². The van der Waals surface area contributed by atoms with E-state index in [4.69, 9.17) is 32.7 Å². The van der Waals surface area contributed by atoms with Crippen LogP contribution in [0.25, 0.3) is 0 Å². The van der Waals surface area contributed by atoms with Crippen molar-refractivity contribution in [2.75, 3.05) is 6.61 Å². The Morgan fingerprint density at radius 1 is 0.717 bits per heavy atom. The zero-order valence-electron chi connectivity index (χ0n) is 28.0. The van der Waals surface area contributed by atoms with Gasteiger partial charge in [-0.1, -0.05) is 140 Å². The van der Waals surface area contributed by atoms with Crippen LogP contribution in [0.3, 0.4) is 0 Å². The lowest BCUT2D eigenvalue weighted by atomic mass is 10.0. The van der Waals surface area contributed by atoms with Crippen LogP contribution in [0.15, 0.2) is 24.3 Å². The molecule has 0 radical (unpaired) electrons. The van der Waals surface area contributed by atoms with Crippen molar-refractivity contribution in [2.45, 2.75) is 159 Å². The van der Waals surface area contributed by atoms with Crippen LogP contribution in [-0.4, -0.2) is 40.3 Å². The fourth-order valence-corrected chi connectivity index (χ4v) is 5.36. The molecule has 0 saturated heterocycles. The Bertz CT molecular complexity index is 992. The van der Waals surface area contributed by atoms with Gasteiger partial charge in [0.05, 0.1) is 4.92 Å². The predicted molar refractivity (Wildman–Crippen MR) is 184 cm³/mol. The molecule has 9 nitrogen and oxygen atoms in total. The third-order valence-corrected chi connectivity index (χ3v) is 8.37. The Kier molecular flexibility index (Phi) is 24.1. The van der Waals surface area contributed by atoms with E-state index in [0.717, 1.165) is 38.5 Å². The van der Waals surface area contributed by atoms with Crippen LogP contribution in [0.2, 0.25) is 0 Å². The van der Waals surface area contributed by atoms with Crippen molar-refractivity contribution >= 4 is 46.7 Å². The van der Waals surface area contributed by atoms with Crippen molar-refractivity contribution in [3.63, 3.8) is 0 Å². The smallest absolute Gasteiger partial charge is 0.306 e. The fraction of sp³-hybridized carbons (Fsp3) is 0.743. The number of halogens is 2. The number of ether oxygens (including phenoxy) is 2. The van der Waals surface area contributed by atoms with E-state index in [2.05, 4.69) is 19.2 Å². The highest BCUT2D eigenvalue weighted by Crippen LogP contribution is 2.26. The molecule has 262 valence electrons. The number of alkyl halides is 2. The summed E-state index contributed by atoms with van der Waals surface area (Å²) >= 11 is 11.6. The van der Waals surface area contributed by atoms with Gasteiger partial charge in [-0.15, -0.1) is 0 Å². The van der Waals surface area contributed by atoms with Gasteiger partial charge in [0, 0.05) is 25.0 Å². The van der Waals surface area contributed by atoms with E-state index in [1.807, 2.05) is 0 Å². The van der Waals surface area contributed by atoms with Gasteiger partial charge < -0.3 is 14.8 Å². The van der Waals surface area contributed by atoms with E-state index in [0.29, 0.717) is 18.4 Å². The molecule has 46 heavy (non-hydrogen) atoms. The fourth-order valence-electron chi connectivity index (χ4n) is 5.23. The average molecular weight is 688 g/mol. The van der Waals surface area contributed by atoms with Crippen molar-refractivity contribution in [1.82, 2.24) is 5.32 Å². The van der Waals surface area contributed by atoms with Crippen LogP contribution >= 0.6 is 23.2 Å². The van der Waals surface area contributed by atoms with Crippen LogP contribution in [0, 0.1) is 10.1 Å². The normalized spacial score (nSPS) is 12.5. The number of non-ortho nitro benzene ring substituents is 1. The van der Waals surface area contributed by atoms with Crippen molar-refractivity contribution in [2.24, 2.45) is 0 Å². The molecule has 0 unspecified atom stereocenters. The molecule has 1 aromatic carbocycles. The number of carbonyl (C=O) groups is 3. The van der Waals surface area contributed by atoms with E-state index in [9.17, 15) is 24.5 Å². The Morgan fingerprint density at radius 3 is 1.59 bits per heavy atom. The molecule has 0 aliphatic carbocycles. The first-order valence-electron chi connectivity index (χ1n) is 17.4. The highest BCUT2D eigenvalue weighted by molar-refractivity contribution is 6.53. The highest BCUT2D eigenvalue weighted by Gasteiger charge is 2.31. The molecule has 1 amide bonds. The number of hydrogen-bond donors (Lipinski definition) is 1. The van der Waals surface area contributed by atoms with Crippen LogP contribution in [-0.2, 0) is 23.9 Å². The summed E-state index contributed by atoms with van der Waals surface area (Å²) in [6.45, 7) is 4.10. The summed E-state index contributed by atoms with van der Waals surface area (Å²) in [5.41, 5.74) is 0.255. The largest absolute Gasteiger partial charge is 0.463 e. The molecule has 1 aromatic rings. The molecule has 0 saturated carbocycles. The summed E-state index contributed by atoms with van der Waals surface area (Å²) in [5, 5.41) is 13.9. The number of amides is 1. The monoisotopic (exact) mass is 686 g/mol. The second-order valence-corrected chi connectivity index (χ2v) is 13.1. The molecular formula is C35H56Cl2N2O7. The summed E-state index contributed by atoms with van der Waals surface area (Å²) in [6.07, 6.45) is 19.2. The summed E-state index contributed by atoms with van der Waals surface area (Å²) < 4.78 is 11.4. The molecule has 0 aromatic heterocycles. The zero-order valence-corrected chi connectivity index (χ0v) is 29.5. The maximum absolute atomic E-state index is 13.0. The molecule has 0 fully saturated rings. The molecule has 0 spiro atoms. The quantitative estimate of drug-likeness (QED) is 0.0306. The summed E-state index contributed by atoms with van der Waals surface area (Å²) in [7, 11) is 0. The van der Waals surface area contributed by atoms with Gasteiger partial charge in [-0.2, -0.15) is 0 Å². The minimum absolute atomic E-state index is 0.141. The molecule has 11 heteroatoms. The number of carbonyl (C=O) groups excluding carboxylic acids is 3. The minimum Gasteiger partial charge on any atom is -0.463 e. The number of rotatable bonds is 28. The lowest BCUT2D eigenvalue weighted by molar-refractivity contribution is -0.384. The van der Waals surface area contributed by atoms with Gasteiger partial charge in [0.2, 0.25) is 0 Å². The van der Waals surface area contributed by atoms with Crippen molar-refractivity contribution in [3.05, 3.63) is 39.9 Å². The Balaban J connectivity index is 2.81. The van der Waals surface area contributed by atoms with E-state index in [-0.39, 0.29) is 25.1 Å². The lowest BCUT2D eigenvalue weighted by Gasteiger charge is -2.28. The minimum atomic E-state index is -1.41. The molecule has 0 aliphatic rings. The second kappa shape index (κ2) is 26.7. The Hall–Kier alpha value is -2.39. The number of nitro groups is 1. The van der Waals surface area contributed by atoms with E-state index in [1.54, 1.807) is 0 Å². The average Bonchev–Trinajstić information content (AvgIpc) is 3.04. The first-order valence-corrected chi connectivity index (χ1v) is 18.2. The van der Waals surface area contributed by atoms with E-state index in [1.165, 1.54) is 88.5 Å². The first-order chi connectivity index (χ1) is 22.2. The number of nitro benzene ring substituents is 1. The van der Waals surface area contributed by atoms with Crippen molar-refractivity contribution in [1.29, 1.82) is 0 Å². The van der Waals surface area contributed by atoms with Gasteiger partial charge in [-0.3, -0.25) is 24.5 Å². The second-order valence-electron chi connectivity index (χ2n) is 12.0. The summed E-state index contributed by atoms with van der Waals surface area (Å²) in [6, 6.07) is 4.47. The number of benzene rings is 1. The van der Waals surface area contributed by atoms with Gasteiger partial charge in [0.1, 0.15) is 12.6 Å². The predicted octanol–water partition coefficient (Wildman–Crippen LogP) is 9.85. The Labute approximate surface area is 286 Å². The number of nitrogens with zero attached hydrogens (tertiary/aromatic N) is 1. The number of nitrogens with one attached hydrogen (secondary N) is 1. The summed E-state index contributed by atoms with van der Waals surface area (Å²) in [4.78, 5) is 47.4. The van der Waals surface area contributed by atoms with Crippen LogP contribution in [0.5, 0.6) is 0 Å². The number of esters is 2. The first kappa shape index (κ1) is 41.6. The lowest BCUT2D eigenvalue weighted by Crippen LogP contribution is -2.46. The zero-order chi connectivity index (χ0) is 34.0. The molecule has 1 rings (SSSR count). The molecular weight excluding hydrogens is 631 g/mol. The van der Waals surface area contributed by atoms with E-state index >= 15 is 0 Å². The van der Waals surface area contributed by atoms with Crippen molar-refractivity contribution < 1.29 is 28.8 Å². The molecule has 0 bridgehead atoms. The standard InChI is InChI=1S/C35H56Cl2N2O7/c1-3-5-7-9-11-13-15-17-19-21-31(40)45-27-30(38-35(42)34(36)37)33(28-23-25-29(26-24-28)39(43)44)46-32(41)22-20-18-16-14-12-10-8-6-4-2/h23-26,30,33-34H,3-22,27H2,1-2H3,(H,38,42)/t30-,33-/m1/s1. The van der Waals surface area contributed by atoms with Gasteiger partial charge >= 0.3 is 11.9 Å². The maximum atomic E-state index is 13.0. The van der Waals surface area contributed by atoms with Gasteiger partial charge in [0.25, 0.3) is 11.6 Å². The topological polar surface area (TPSA) is 125 Å². The summed E-state index contributed by atoms with van der Waals surface area (Å²) in [5.74, 6) is -1.66. The molecule has 2 atom stereocenters. The number of unbranched alkanes of at least 4 members (excludes halogenated alkanes) is 16. The Morgan fingerprint density at radius 2 is 1.15 bits per heavy atom. The van der Waals surface area contributed by atoms with Crippen molar-refractivity contribution in [3.8, 4) is 0 Å². The SMILES string of the molecule is CCCCCCCCCCCC(=O)OC[C@@H](NC(=O)C(Cl)Cl)[C@H](OC(=O)CCCCCCCCCCC)c1ccc([N+](=O)[O-])cc1. The molecule has 0 heterocycles. The van der Waals surface area contributed by atoms with E-state index < -0.39 is 39.8 Å². The van der Waals surface area contributed by atoms with Crippen LogP contribution in [0.1, 0.15) is 154 Å². The van der Waals surface area contributed by atoms with Gasteiger partial charge in [-0.25, -0.2) is 0 Å². The highest BCUT2D eigenvalue weighted by atomic mass is 35.5. The third-order valence-electron chi connectivity index (χ3n) is 7.97. The number of hydrogen-bond acceptors (Lipinski definition) is 7. The molecule has 1 N–H and O–H groups in total. The van der Waals surface area contributed by atoms with Gasteiger partial charge in [-0.05, 0) is 30.5 Å². The maximum Gasteiger partial charge on any atom is 0.306 e. The van der Waals surface area contributed by atoms with Crippen LogP contribution < -0.4 is 5.32 Å². The molecule has 0 aliphatic heterocycles.